The molecule has 0 radical (unpaired) electrons. The molecule has 0 amide bonds. The van der Waals surface area contributed by atoms with Crippen LogP contribution < -0.4 is 10.5 Å². The van der Waals surface area contributed by atoms with Crippen molar-refractivity contribution in [2.24, 2.45) is 11.7 Å². The van der Waals surface area contributed by atoms with Gasteiger partial charge in [-0.05, 0) is 34.3 Å². The first kappa shape index (κ1) is 17.1. The molecular formula is C12H21BrN2O2S2. The molecule has 110 valence electrons. The first-order valence-electron chi connectivity index (χ1n) is 6.34. The summed E-state index contributed by atoms with van der Waals surface area (Å²) in [6.45, 7) is 5.17. The molecule has 0 fully saturated rings. The molecule has 0 aromatic carbocycles. The van der Waals surface area contributed by atoms with Gasteiger partial charge in [0, 0.05) is 18.0 Å². The molecule has 1 rings (SSSR count). The number of nitrogens with one attached hydrogen (secondary N) is 1. The summed E-state index contributed by atoms with van der Waals surface area (Å²) >= 11 is 4.64. The van der Waals surface area contributed by atoms with Crippen molar-refractivity contribution in [3.8, 4) is 0 Å². The number of halogens is 1. The predicted molar refractivity (Wildman–Crippen MR) is 83.8 cm³/mol. The summed E-state index contributed by atoms with van der Waals surface area (Å²) in [5, 5.41) is 0. The van der Waals surface area contributed by atoms with Gasteiger partial charge in [-0.2, -0.15) is 0 Å². The van der Waals surface area contributed by atoms with Gasteiger partial charge in [0.25, 0.3) is 0 Å². The van der Waals surface area contributed by atoms with Crippen LogP contribution in [0, 0.1) is 5.92 Å². The first-order valence-corrected chi connectivity index (χ1v) is 9.44. The van der Waals surface area contributed by atoms with Crippen molar-refractivity contribution >= 4 is 37.3 Å². The molecule has 1 heterocycles. The second-order valence-corrected chi connectivity index (χ2v) is 9.03. The van der Waals surface area contributed by atoms with Gasteiger partial charge in [0.15, 0.2) is 0 Å². The fourth-order valence-electron chi connectivity index (χ4n) is 1.64. The molecular weight excluding hydrogens is 348 g/mol. The lowest BCUT2D eigenvalue weighted by molar-refractivity contribution is 0.530. The Balaban J connectivity index is 2.53. The molecule has 1 aromatic heterocycles. The minimum Gasteiger partial charge on any atom is -0.326 e. The summed E-state index contributed by atoms with van der Waals surface area (Å²) in [5.41, 5.74) is 5.52. The molecule has 19 heavy (non-hydrogen) atoms. The lowest BCUT2D eigenvalue weighted by Crippen LogP contribution is -2.24. The number of sulfonamides is 1. The summed E-state index contributed by atoms with van der Waals surface area (Å²) in [6.07, 6.45) is 3.03. The smallest absolute Gasteiger partial charge is 0.242 e. The molecule has 3 N–H and O–H groups in total. The van der Waals surface area contributed by atoms with E-state index in [1.165, 1.54) is 11.3 Å². The number of hydrogen-bond donors (Lipinski definition) is 2. The maximum Gasteiger partial charge on any atom is 0.242 e. The van der Waals surface area contributed by atoms with Crippen LogP contribution in [0.1, 0.15) is 38.0 Å². The topological polar surface area (TPSA) is 72.2 Å². The van der Waals surface area contributed by atoms with E-state index in [9.17, 15) is 8.42 Å². The normalized spacial score (nSPS) is 12.3. The molecule has 0 aliphatic carbocycles. The van der Waals surface area contributed by atoms with Crippen LogP contribution in [0.3, 0.4) is 0 Å². The summed E-state index contributed by atoms with van der Waals surface area (Å²) < 4.78 is 27.5. The first-order chi connectivity index (χ1) is 8.86. The highest BCUT2D eigenvalue weighted by Gasteiger charge is 2.19. The fourth-order valence-corrected chi connectivity index (χ4v) is 5.28. The zero-order valence-corrected chi connectivity index (χ0v) is 14.5. The van der Waals surface area contributed by atoms with Gasteiger partial charge in [-0.25, -0.2) is 13.1 Å². The monoisotopic (exact) mass is 368 g/mol. The van der Waals surface area contributed by atoms with E-state index in [0.717, 1.165) is 24.1 Å². The van der Waals surface area contributed by atoms with Crippen molar-refractivity contribution in [3.63, 3.8) is 0 Å². The number of thiophene rings is 1. The van der Waals surface area contributed by atoms with Crippen LogP contribution in [0.2, 0.25) is 0 Å². The van der Waals surface area contributed by atoms with E-state index < -0.39 is 10.0 Å². The number of rotatable bonds is 8. The minimum absolute atomic E-state index is 0.293. The molecule has 0 atom stereocenters. The summed E-state index contributed by atoms with van der Waals surface area (Å²) in [5.74, 6) is 0.662. The molecule has 0 saturated carbocycles. The van der Waals surface area contributed by atoms with Gasteiger partial charge in [-0.1, -0.05) is 26.7 Å². The summed E-state index contributed by atoms with van der Waals surface area (Å²) in [7, 11) is -3.42. The Kier molecular flexibility index (Phi) is 6.96. The second kappa shape index (κ2) is 7.73. The van der Waals surface area contributed by atoms with Gasteiger partial charge >= 0.3 is 0 Å². The number of hydrogen-bond acceptors (Lipinski definition) is 4. The highest BCUT2D eigenvalue weighted by atomic mass is 79.9. The van der Waals surface area contributed by atoms with Gasteiger partial charge in [-0.15, -0.1) is 11.3 Å². The number of unbranched alkanes of at least 4 members (excludes halogenated alkanes) is 1. The summed E-state index contributed by atoms with van der Waals surface area (Å²) in [4.78, 5) is 1.15. The van der Waals surface area contributed by atoms with E-state index in [4.69, 9.17) is 5.73 Å². The van der Waals surface area contributed by atoms with Gasteiger partial charge in [-0.3, -0.25) is 0 Å². The molecule has 0 unspecified atom stereocenters. The van der Waals surface area contributed by atoms with Crippen LogP contribution in [0.5, 0.6) is 0 Å². The Bertz CT molecular complexity index is 498. The Hall–Kier alpha value is 0.0500. The van der Waals surface area contributed by atoms with E-state index in [1.54, 1.807) is 6.07 Å². The largest absolute Gasteiger partial charge is 0.326 e. The SMILES string of the molecule is CC(C)CCCCNS(=O)(=O)c1cc(CN)sc1Br. The second-order valence-electron chi connectivity index (χ2n) is 4.84. The van der Waals surface area contributed by atoms with E-state index in [0.29, 0.717) is 27.7 Å². The van der Waals surface area contributed by atoms with Crippen LogP contribution in [0.4, 0.5) is 0 Å². The van der Waals surface area contributed by atoms with Gasteiger partial charge in [0.05, 0.1) is 3.79 Å². The Labute approximate surface area is 128 Å². The molecule has 7 heteroatoms. The Morgan fingerprint density at radius 2 is 2.11 bits per heavy atom. The van der Waals surface area contributed by atoms with E-state index >= 15 is 0 Å². The van der Waals surface area contributed by atoms with Crippen LogP contribution in [-0.2, 0) is 16.6 Å². The average Bonchev–Trinajstić information content (AvgIpc) is 2.70. The van der Waals surface area contributed by atoms with Crippen molar-refractivity contribution in [2.45, 2.75) is 44.6 Å². The van der Waals surface area contributed by atoms with Crippen molar-refractivity contribution in [3.05, 3.63) is 14.7 Å². The van der Waals surface area contributed by atoms with Gasteiger partial charge in [0.2, 0.25) is 10.0 Å². The Morgan fingerprint density at radius 1 is 1.42 bits per heavy atom. The van der Waals surface area contributed by atoms with E-state index in [1.807, 2.05) is 0 Å². The third-order valence-electron chi connectivity index (χ3n) is 2.70. The van der Waals surface area contributed by atoms with Crippen molar-refractivity contribution < 1.29 is 8.42 Å². The van der Waals surface area contributed by atoms with Crippen LogP contribution in [0.25, 0.3) is 0 Å². The maximum atomic E-state index is 12.1. The average molecular weight is 369 g/mol. The predicted octanol–water partition coefficient (Wildman–Crippen LogP) is 3.07. The standard InChI is InChI=1S/C12H21BrN2O2S2/c1-9(2)5-3-4-6-15-19(16,17)11-7-10(8-14)18-12(11)13/h7,9,15H,3-6,8,14H2,1-2H3. The zero-order chi connectivity index (χ0) is 14.5. The summed E-state index contributed by atoms with van der Waals surface area (Å²) in [6, 6.07) is 1.63. The van der Waals surface area contributed by atoms with Crippen LogP contribution in [0.15, 0.2) is 14.7 Å². The highest BCUT2D eigenvalue weighted by Crippen LogP contribution is 2.31. The molecule has 0 bridgehead atoms. The Morgan fingerprint density at radius 3 is 2.63 bits per heavy atom. The fraction of sp³-hybridized carbons (Fsp3) is 0.667. The molecule has 4 nitrogen and oxygen atoms in total. The van der Waals surface area contributed by atoms with Gasteiger partial charge in [0.1, 0.15) is 4.90 Å². The maximum absolute atomic E-state index is 12.1. The quantitative estimate of drug-likeness (QED) is 0.692. The van der Waals surface area contributed by atoms with Gasteiger partial charge < -0.3 is 5.73 Å². The van der Waals surface area contributed by atoms with Crippen LogP contribution >= 0.6 is 27.3 Å². The zero-order valence-electron chi connectivity index (χ0n) is 11.3. The molecule has 0 aliphatic rings. The molecule has 0 spiro atoms. The van der Waals surface area contributed by atoms with Crippen molar-refractivity contribution in [1.82, 2.24) is 4.72 Å². The van der Waals surface area contributed by atoms with E-state index in [-0.39, 0.29) is 0 Å². The van der Waals surface area contributed by atoms with Crippen molar-refractivity contribution in [1.29, 1.82) is 0 Å². The molecule has 1 aromatic rings. The third kappa shape index (κ3) is 5.51. The molecule has 0 saturated heterocycles. The van der Waals surface area contributed by atoms with Crippen LogP contribution in [-0.4, -0.2) is 15.0 Å². The van der Waals surface area contributed by atoms with Crippen molar-refractivity contribution in [2.75, 3.05) is 6.54 Å². The third-order valence-corrected chi connectivity index (χ3v) is 6.43. The number of nitrogens with two attached hydrogens (primary N) is 1. The minimum atomic E-state index is -3.42. The molecule has 0 aliphatic heterocycles. The lowest BCUT2D eigenvalue weighted by Gasteiger charge is -2.07. The highest BCUT2D eigenvalue weighted by molar-refractivity contribution is 9.11. The lowest BCUT2D eigenvalue weighted by atomic mass is 10.1. The van der Waals surface area contributed by atoms with E-state index in [2.05, 4.69) is 34.5 Å².